The number of aromatic nitrogens is 3. The maximum Gasteiger partial charge on any atom is 0.534 e. The van der Waals surface area contributed by atoms with Crippen LogP contribution in [0.3, 0.4) is 0 Å². The molecule has 45 heavy (non-hydrogen) atoms. The van der Waals surface area contributed by atoms with Crippen LogP contribution in [0.25, 0.3) is 56.2 Å². The molecular formula is C39H34BN3O2. The van der Waals surface area contributed by atoms with E-state index >= 15 is 0 Å². The van der Waals surface area contributed by atoms with Crippen LogP contribution < -0.4 is 5.72 Å². The van der Waals surface area contributed by atoms with Crippen molar-refractivity contribution in [1.82, 2.24) is 15.0 Å². The Hall–Kier alpha value is -4.91. The van der Waals surface area contributed by atoms with Crippen LogP contribution in [0.2, 0.25) is 0 Å². The average Bonchev–Trinajstić information content (AvgIpc) is 3.31. The second kappa shape index (κ2) is 11.5. The molecule has 220 valence electrons. The van der Waals surface area contributed by atoms with Crippen molar-refractivity contribution in [2.75, 3.05) is 0 Å². The normalized spacial score (nSPS) is 15.2. The average molecular weight is 588 g/mol. The Balaban J connectivity index is 1.38. The highest BCUT2D eigenvalue weighted by molar-refractivity contribution is 6.60. The minimum atomic E-state index is -0.731. The lowest BCUT2D eigenvalue weighted by atomic mass is 9.88. The van der Waals surface area contributed by atoms with E-state index in [1.165, 1.54) is 0 Å². The zero-order valence-electron chi connectivity index (χ0n) is 25.9. The molecule has 0 bridgehead atoms. The summed E-state index contributed by atoms with van der Waals surface area (Å²) in [5.74, 6) is 1.13. The Labute approximate surface area is 265 Å². The Morgan fingerprint density at radius 2 is 0.756 bits per heavy atom. The van der Waals surface area contributed by atoms with Crippen LogP contribution in [0, 0.1) is 0 Å². The molecule has 0 unspecified atom stereocenters. The van der Waals surface area contributed by atoms with Gasteiger partial charge in [0.15, 0.2) is 17.4 Å². The molecule has 1 aliphatic rings. The van der Waals surface area contributed by atoms with E-state index in [-0.39, 0.29) is 0 Å². The molecule has 0 atom stereocenters. The van der Waals surface area contributed by atoms with Crippen molar-refractivity contribution in [3.05, 3.63) is 133 Å². The second-order valence-electron chi connectivity index (χ2n) is 12.4. The van der Waals surface area contributed by atoms with E-state index in [4.69, 9.17) is 24.3 Å². The van der Waals surface area contributed by atoms with Crippen molar-refractivity contribution >= 4 is 12.8 Å². The molecule has 1 aliphatic heterocycles. The molecule has 2 heterocycles. The summed E-state index contributed by atoms with van der Waals surface area (Å²) >= 11 is 0. The van der Waals surface area contributed by atoms with Gasteiger partial charge in [0.2, 0.25) is 0 Å². The second-order valence-corrected chi connectivity index (χ2v) is 12.4. The molecule has 0 N–H and O–H groups in total. The van der Waals surface area contributed by atoms with E-state index in [0.717, 1.165) is 44.5 Å². The van der Waals surface area contributed by atoms with Crippen molar-refractivity contribution in [2.24, 2.45) is 0 Å². The third kappa shape index (κ3) is 5.83. The Morgan fingerprint density at radius 1 is 0.400 bits per heavy atom. The molecule has 0 amide bonds. The summed E-state index contributed by atoms with van der Waals surface area (Å²) in [6.45, 7) is 8.14. The molecule has 1 fully saturated rings. The summed E-state index contributed by atoms with van der Waals surface area (Å²) in [4.78, 5) is 15.0. The molecule has 1 saturated heterocycles. The van der Waals surface area contributed by atoms with Gasteiger partial charge in [0.05, 0.1) is 11.2 Å². The van der Waals surface area contributed by atoms with Gasteiger partial charge >= 0.3 is 7.12 Å². The van der Waals surface area contributed by atoms with E-state index < -0.39 is 18.3 Å². The maximum absolute atomic E-state index is 6.42. The summed E-state index contributed by atoms with van der Waals surface area (Å²) < 4.78 is 12.8. The van der Waals surface area contributed by atoms with Gasteiger partial charge in [-0.2, -0.15) is 0 Å². The first-order valence-corrected chi connectivity index (χ1v) is 15.3. The van der Waals surface area contributed by atoms with Gasteiger partial charge in [-0.3, -0.25) is 0 Å². The zero-order valence-corrected chi connectivity index (χ0v) is 25.9. The highest BCUT2D eigenvalue weighted by Gasteiger charge is 2.53. The number of benzene rings is 5. The molecule has 0 saturated carbocycles. The summed E-state index contributed by atoms with van der Waals surface area (Å²) in [6, 6.07) is 45.9. The quantitative estimate of drug-likeness (QED) is 0.183. The van der Waals surface area contributed by atoms with Gasteiger partial charge in [-0.15, -0.1) is 0 Å². The van der Waals surface area contributed by atoms with Gasteiger partial charge in [0.25, 0.3) is 0 Å². The number of nitrogens with zero attached hydrogens (tertiary/aromatic N) is 3. The van der Waals surface area contributed by atoms with E-state index in [1.54, 1.807) is 0 Å². The maximum atomic E-state index is 6.42. The molecule has 1 aromatic heterocycles. The smallest absolute Gasteiger partial charge is 0.397 e. The summed E-state index contributed by atoms with van der Waals surface area (Å²) in [7, 11) is -0.731. The first kappa shape index (κ1) is 28.8. The van der Waals surface area contributed by atoms with Crippen LogP contribution in [0.1, 0.15) is 27.7 Å². The zero-order chi connectivity index (χ0) is 31.0. The summed E-state index contributed by atoms with van der Waals surface area (Å²) in [6.07, 6.45) is 0. The van der Waals surface area contributed by atoms with E-state index in [1.807, 2.05) is 58.0 Å². The van der Waals surface area contributed by atoms with Crippen molar-refractivity contribution < 1.29 is 9.31 Å². The summed E-state index contributed by atoms with van der Waals surface area (Å²) in [5, 5.41) is 0. The third-order valence-corrected chi connectivity index (χ3v) is 8.77. The third-order valence-electron chi connectivity index (χ3n) is 8.77. The molecule has 0 aliphatic carbocycles. The van der Waals surface area contributed by atoms with E-state index in [0.29, 0.717) is 17.4 Å². The summed E-state index contributed by atoms with van der Waals surface area (Å²) in [5.41, 5.74) is 7.85. The van der Waals surface area contributed by atoms with E-state index in [9.17, 15) is 0 Å². The van der Waals surface area contributed by atoms with E-state index in [2.05, 4.69) is 103 Å². The number of rotatable bonds is 6. The van der Waals surface area contributed by atoms with Crippen LogP contribution in [-0.2, 0) is 9.31 Å². The van der Waals surface area contributed by atoms with Gasteiger partial charge in [0.1, 0.15) is 0 Å². The highest BCUT2D eigenvalue weighted by atomic mass is 16.7. The van der Waals surface area contributed by atoms with Crippen LogP contribution in [0.5, 0.6) is 0 Å². The van der Waals surface area contributed by atoms with Gasteiger partial charge in [-0.05, 0) is 79.3 Å². The lowest BCUT2D eigenvalue weighted by molar-refractivity contribution is 0.00578. The minimum absolute atomic E-state index is 0.451. The molecule has 6 aromatic rings. The fourth-order valence-electron chi connectivity index (χ4n) is 5.50. The Bertz CT molecular complexity index is 1870. The van der Waals surface area contributed by atoms with Crippen LogP contribution >= 0.6 is 0 Å². The van der Waals surface area contributed by atoms with Crippen LogP contribution in [0.15, 0.2) is 133 Å². The fourth-order valence-corrected chi connectivity index (χ4v) is 5.50. The monoisotopic (exact) mass is 587 g/mol. The topological polar surface area (TPSA) is 57.1 Å². The first-order valence-electron chi connectivity index (χ1n) is 15.3. The standard InChI is InChI=1S/C39H34BN3O2/c1-38(2)39(3,4)45-40(44-38)37-42-35(31-22-20-30(21-23-31)27-14-8-5-9-15-27)41-36(43-37)34-25-32(28-16-10-6-11-17-28)24-33(26-34)29-18-12-7-13-19-29/h5-26H,1-4H3. The largest absolute Gasteiger partial charge is 0.534 e. The lowest BCUT2D eigenvalue weighted by Gasteiger charge is -2.32. The van der Waals surface area contributed by atoms with Crippen molar-refractivity contribution in [1.29, 1.82) is 0 Å². The molecule has 0 radical (unpaired) electrons. The Morgan fingerprint density at radius 3 is 1.22 bits per heavy atom. The van der Waals surface area contributed by atoms with Gasteiger partial charge in [-0.1, -0.05) is 115 Å². The molecule has 6 heteroatoms. The van der Waals surface area contributed by atoms with Crippen molar-refractivity contribution in [3.8, 4) is 56.2 Å². The van der Waals surface area contributed by atoms with Crippen molar-refractivity contribution in [3.63, 3.8) is 0 Å². The fraction of sp³-hybridized carbons (Fsp3) is 0.154. The number of hydrogen-bond donors (Lipinski definition) is 0. The van der Waals surface area contributed by atoms with Crippen LogP contribution in [-0.4, -0.2) is 33.3 Å². The SMILES string of the molecule is CC1(C)OB(c2nc(-c3ccc(-c4ccccc4)cc3)nc(-c3cc(-c4ccccc4)cc(-c4ccccc4)c3)n2)OC1(C)C. The molecule has 0 spiro atoms. The Kier molecular flexibility index (Phi) is 7.40. The van der Waals surface area contributed by atoms with Gasteiger partial charge in [0, 0.05) is 11.1 Å². The number of hydrogen-bond acceptors (Lipinski definition) is 5. The van der Waals surface area contributed by atoms with Crippen LogP contribution in [0.4, 0.5) is 0 Å². The van der Waals surface area contributed by atoms with Gasteiger partial charge < -0.3 is 9.31 Å². The molecule has 5 aromatic carbocycles. The van der Waals surface area contributed by atoms with Crippen molar-refractivity contribution in [2.45, 2.75) is 38.9 Å². The van der Waals surface area contributed by atoms with Gasteiger partial charge in [-0.25, -0.2) is 15.0 Å². The predicted molar refractivity (Wildman–Crippen MR) is 183 cm³/mol. The lowest BCUT2D eigenvalue weighted by Crippen LogP contribution is -2.41. The molecule has 5 nitrogen and oxygen atoms in total. The predicted octanol–water partition coefficient (Wildman–Crippen LogP) is 8.51. The minimum Gasteiger partial charge on any atom is -0.397 e. The molecule has 7 rings (SSSR count). The first-order chi connectivity index (χ1) is 21.8. The molecular weight excluding hydrogens is 553 g/mol. The highest BCUT2D eigenvalue weighted by Crippen LogP contribution is 2.37.